The first-order valence-corrected chi connectivity index (χ1v) is 12.5. The van der Waals surface area contributed by atoms with E-state index in [0.717, 1.165) is 9.87 Å². The summed E-state index contributed by atoms with van der Waals surface area (Å²) in [5.74, 6) is -0.768. The molecule has 0 atom stereocenters. The van der Waals surface area contributed by atoms with Gasteiger partial charge in [0.25, 0.3) is 15.9 Å². The van der Waals surface area contributed by atoms with Crippen molar-refractivity contribution < 1.29 is 27.5 Å². The fraction of sp³-hybridized carbons (Fsp3) is 0.160. The van der Waals surface area contributed by atoms with E-state index in [1.807, 2.05) is 6.92 Å². The molecule has 1 N–H and O–H groups in total. The second-order valence-electron chi connectivity index (χ2n) is 7.53. The number of carbonyl (C=O) groups excluding carboxylic acids is 2. The predicted octanol–water partition coefficient (Wildman–Crippen LogP) is 3.55. The molecular weight excluding hydrogens is 506 g/mol. The minimum atomic E-state index is -4.05. The van der Waals surface area contributed by atoms with Crippen LogP contribution >= 0.6 is 11.6 Å². The molecule has 0 fully saturated rings. The van der Waals surface area contributed by atoms with Gasteiger partial charge in [-0.1, -0.05) is 41.4 Å². The largest absolute Gasteiger partial charge is 0.482 e. The fourth-order valence-corrected chi connectivity index (χ4v) is 4.54. The third-order valence-electron chi connectivity index (χ3n) is 4.86. The Hall–Kier alpha value is -3.89. The van der Waals surface area contributed by atoms with Gasteiger partial charge in [0.2, 0.25) is 0 Å². The molecule has 36 heavy (non-hydrogen) atoms. The molecule has 11 heteroatoms. The number of benzene rings is 3. The van der Waals surface area contributed by atoms with Gasteiger partial charge in [0.1, 0.15) is 12.3 Å². The molecule has 188 valence electrons. The zero-order valence-electron chi connectivity index (χ0n) is 19.5. The second-order valence-corrected chi connectivity index (χ2v) is 9.83. The maximum Gasteiger partial charge on any atom is 0.343 e. The maximum atomic E-state index is 13.4. The van der Waals surface area contributed by atoms with Crippen LogP contribution < -0.4 is 14.5 Å². The van der Waals surface area contributed by atoms with Gasteiger partial charge in [-0.05, 0) is 61.0 Å². The summed E-state index contributed by atoms with van der Waals surface area (Å²) in [6.07, 6.45) is 1.37. The molecule has 0 bridgehead atoms. The normalized spacial score (nSPS) is 11.2. The minimum Gasteiger partial charge on any atom is -0.482 e. The van der Waals surface area contributed by atoms with E-state index in [4.69, 9.17) is 16.3 Å². The van der Waals surface area contributed by atoms with E-state index < -0.39 is 28.4 Å². The van der Waals surface area contributed by atoms with Gasteiger partial charge in [0.05, 0.1) is 23.9 Å². The molecule has 3 aromatic carbocycles. The number of carbonyl (C=O) groups is 2. The summed E-state index contributed by atoms with van der Waals surface area (Å²) in [7, 11) is -2.79. The van der Waals surface area contributed by atoms with Gasteiger partial charge in [0, 0.05) is 5.02 Å². The van der Waals surface area contributed by atoms with Crippen LogP contribution in [0.15, 0.2) is 82.8 Å². The zero-order valence-corrected chi connectivity index (χ0v) is 21.1. The summed E-state index contributed by atoms with van der Waals surface area (Å²) >= 11 is 5.95. The Morgan fingerprint density at radius 3 is 2.42 bits per heavy atom. The van der Waals surface area contributed by atoms with Crippen molar-refractivity contribution in [3.8, 4) is 5.75 Å². The molecule has 9 nitrogen and oxygen atoms in total. The lowest BCUT2D eigenvalue weighted by Gasteiger charge is -2.23. The van der Waals surface area contributed by atoms with Crippen LogP contribution in [0.4, 0.5) is 5.69 Å². The lowest BCUT2D eigenvalue weighted by molar-refractivity contribution is -0.142. The fourth-order valence-electron chi connectivity index (χ4n) is 2.99. The number of ether oxygens (including phenoxy) is 2. The highest BCUT2D eigenvalue weighted by molar-refractivity contribution is 7.92. The number of methoxy groups -OCH3 is 1. The van der Waals surface area contributed by atoms with E-state index >= 15 is 0 Å². The van der Waals surface area contributed by atoms with E-state index in [1.165, 1.54) is 37.6 Å². The van der Waals surface area contributed by atoms with Gasteiger partial charge in [-0.3, -0.25) is 9.10 Å². The van der Waals surface area contributed by atoms with Gasteiger partial charge in [-0.25, -0.2) is 18.6 Å². The number of rotatable bonds is 10. The number of hydrogen-bond acceptors (Lipinski definition) is 7. The zero-order chi connectivity index (χ0) is 26.1. The van der Waals surface area contributed by atoms with Gasteiger partial charge in [-0.2, -0.15) is 5.10 Å². The van der Waals surface area contributed by atoms with Crippen molar-refractivity contribution in [2.45, 2.75) is 11.8 Å². The van der Waals surface area contributed by atoms with E-state index in [2.05, 4.69) is 15.3 Å². The molecular formula is C25H24ClN3O6S. The quantitative estimate of drug-likeness (QED) is 0.244. The number of nitrogens with zero attached hydrogens (tertiary/aromatic N) is 2. The summed E-state index contributed by atoms with van der Waals surface area (Å²) in [6, 6.07) is 19.1. The molecule has 0 aliphatic carbocycles. The number of halogens is 1. The summed E-state index contributed by atoms with van der Waals surface area (Å²) < 4.78 is 37.5. The molecule has 0 heterocycles. The van der Waals surface area contributed by atoms with Gasteiger partial charge >= 0.3 is 5.97 Å². The average molecular weight is 530 g/mol. The number of amides is 1. The highest BCUT2D eigenvalue weighted by Crippen LogP contribution is 2.25. The molecule has 0 radical (unpaired) electrons. The van der Waals surface area contributed by atoms with Crippen molar-refractivity contribution in [2.75, 3.05) is 24.6 Å². The number of aryl methyl sites for hydroxylation is 1. The number of hydrazone groups is 1. The molecule has 3 rings (SSSR count). The topological polar surface area (TPSA) is 114 Å². The first-order chi connectivity index (χ1) is 17.2. The highest BCUT2D eigenvalue weighted by atomic mass is 35.5. The molecule has 0 unspecified atom stereocenters. The van der Waals surface area contributed by atoms with Crippen molar-refractivity contribution in [3.63, 3.8) is 0 Å². The van der Waals surface area contributed by atoms with E-state index in [0.29, 0.717) is 16.3 Å². The number of hydrogen-bond donors (Lipinski definition) is 1. The summed E-state index contributed by atoms with van der Waals surface area (Å²) in [6.45, 7) is 1.08. The SMILES string of the molecule is COC(=O)COc1cccc(/C=N\NC(=O)CN(c2ccc(Cl)cc2)S(=O)(=O)c2ccc(C)cc2)c1. The van der Waals surface area contributed by atoms with Crippen molar-refractivity contribution in [2.24, 2.45) is 5.10 Å². The first-order valence-electron chi connectivity index (χ1n) is 10.7. The van der Waals surface area contributed by atoms with Crippen molar-refractivity contribution in [1.82, 2.24) is 5.43 Å². The Balaban J connectivity index is 1.74. The summed E-state index contributed by atoms with van der Waals surface area (Å²) in [5.41, 5.74) is 4.09. The average Bonchev–Trinajstić information content (AvgIpc) is 2.87. The summed E-state index contributed by atoms with van der Waals surface area (Å²) in [5, 5.41) is 4.34. The predicted molar refractivity (Wildman–Crippen MR) is 137 cm³/mol. The smallest absolute Gasteiger partial charge is 0.343 e. The van der Waals surface area contributed by atoms with Crippen LogP contribution in [0.2, 0.25) is 5.02 Å². The number of sulfonamides is 1. The molecule has 0 aromatic heterocycles. The maximum absolute atomic E-state index is 13.4. The number of nitrogens with one attached hydrogen (secondary N) is 1. The Labute approximate surface area is 214 Å². The van der Waals surface area contributed by atoms with Crippen LogP contribution in [0, 0.1) is 6.92 Å². The van der Waals surface area contributed by atoms with Crippen molar-refractivity contribution in [3.05, 3.63) is 88.9 Å². The lowest BCUT2D eigenvalue weighted by Crippen LogP contribution is -2.39. The van der Waals surface area contributed by atoms with Gasteiger partial charge in [0.15, 0.2) is 6.61 Å². The van der Waals surface area contributed by atoms with Crippen LogP contribution in [0.1, 0.15) is 11.1 Å². The highest BCUT2D eigenvalue weighted by Gasteiger charge is 2.27. The number of anilines is 1. The minimum absolute atomic E-state index is 0.0446. The molecule has 1 amide bonds. The summed E-state index contributed by atoms with van der Waals surface area (Å²) in [4.78, 5) is 23.9. The standard InChI is InChI=1S/C25H24ClN3O6S/c1-18-6-12-23(13-7-18)36(32,33)29(21-10-8-20(26)9-11-21)16-24(30)28-27-15-19-4-3-5-22(14-19)35-17-25(31)34-2/h3-15H,16-17H2,1-2H3,(H,28,30)/b27-15-. The Bertz CT molecular complexity index is 1340. The van der Waals surface area contributed by atoms with Gasteiger partial charge in [-0.15, -0.1) is 0 Å². The van der Waals surface area contributed by atoms with E-state index in [-0.39, 0.29) is 17.2 Å². The van der Waals surface area contributed by atoms with Gasteiger partial charge < -0.3 is 9.47 Å². The molecule has 3 aromatic rings. The third kappa shape index (κ3) is 7.30. The Kier molecular flexibility index (Phi) is 9.04. The van der Waals surface area contributed by atoms with Crippen LogP contribution in [0.25, 0.3) is 0 Å². The van der Waals surface area contributed by atoms with Crippen molar-refractivity contribution in [1.29, 1.82) is 0 Å². The van der Waals surface area contributed by atoms with Crippen LogP contribution in [-0.2, 0) is 24.3 Å². The second kappa shape index (κ2) is 12.2. The third-order valence-corrected chi connectivity index (χ3v) is 6.90. The van der Waals surface area contributed by atoms with Crippen LogP contribution in [-0.4, -0.2) is 46.8 Å². The Morgan fingerprint density at radius 1 is 1.06 bits per heavy atom. The van der Waals surface area contributed by atoms with Crippen molar-refractivity contribution >= 4 is 45.4 Å². The van der Waals surface area contributed by atoms with Crippen LogP contribution in [0.5, 0.6) is 5.75 Å². The van der Waals surface area contributed by atoms with E-state index in [9.17, 15) is 18.0 Å². The molecule has 0 spiro atoms. The number of esters is 1. The molecule has 0 aliphatic heterocycles. The Morgan fingerprint density at radius 2 is 1.75 bits per heavy atom. The molecule has 0 saturated carbocycles. The van der Waals surface area contributed by atoms with Crippen LogP contribution in [0.3, 0.4) is 0 Å². The monoisotopic (exact) mass is 529 g/mol. The molecule has 0 saturated heterocycles. The lowest BCUT2D eigenvalue weighted by atomic mass is 10.2. The molecule has 0 aliphatic rings. The first kappa shape index (κ1) is 26.7. The van der Waals surface area contributed by atoms with E-state index in [1.54, 1.807) is 48.5 Å².